The molecule has 0 bridgehead atoms. The molecule has 1 aromatic heterocycles. The van der Waals surface area contributed by atoms with Crippen LogP contribution in [0.2, 0.25) is 5.02 Å². The molecule has 27 heavy (non-hydrogen) atoms. The van der Waals surface area contributed by atoms with Crippen LogP contribution in [-0.2, 0) is 6.54 Å². The fourth-order valence-corrected chi connectivity index (χ4v) is 3.17. The number of aryl methyl sites for hydroxylation is 2. The Morgan fingerprint density at radius 2 is 1.81 bits per heavy atom. The van der Waals surface area contributed by atoms with Gasteiger partial charge in [0, 0.05) is 10.7 Å². The van der Waals surface area contributed by atoms with Crippen molar-refractivity contribution in [1.29, 1.82) is 0 Å². The Labute approximate surface area is 168 Å². The summed E-state index contributed by atoms with van der Waals surface area (Å²) in [5, 5.41) is 12.1. The second-order valence-corrected chi connectivity index (χ2v) is 7.21. The van der Waals surface area contributed by atoms with E-state index in [0.717, 1.165) is 33.9 Å². The van der Waals surface area contributed by atoms with Gasteiger partial charge < -0.3 is 10.6 Å². The summed E-state index contributed by atoms with van der Waals surface area (Å²) in [5.41, 5.74) is 5.52. The summed E-state index contributed by atoms with van der Waals surface area (Å²) in [6.07, 6.45) is 0. The van der Waals surface area contributed by atoms with Crippen molar-refractivity contribution in [2.45, 2.75) is 27.3 Å². The minimum Gasteiger partial charge on any atom is -0.332 e. The number of nitrogens with one attached hydrogen (secondary N) is 2. The Morgan fingerprint density at radius 3 is 2.52 bits per heavy atom. The van der Waals surface area contributed by atoms with Gasteiger partial charge in [0.05, 0.1) is 23.6 Å². The fourth-order valence-electron chi connectivity index (χ4n) is 2.79. The quantitative estimate of drug-likeness (QED) is 0.569. The van der Waals surface area contributed by atoms with Crippen LogP contribution in [-0.4, -0.2) is 14.9 Å². The maximum absolute atomic E-state index is 13.1. The lowest BCUT2D eigenvalue weighted by Gasteiger charge is -2.13. The summed E-state index contributed by atoms with van der Waals surface area (Å²) in [4.78, 5) is 0. The van der Waals surface area contributed by atoms with Crippen LogP contribution >= 0.6 is 23.8 Å². The Hall–Kier alpha value is -2.44. The number of halogens is 2. The molecule has 3 aromatic rings. The van der Waals surface area contributed by atoms with Gasteiger partial charge in [-0.25, -0.2) is 4.39 Å². The van der Waals surface area contributed by atoms with E-state index < -0.39 is 0 Å². The molecule has 0 saturated carbocycles. The number of rotatable bonds is 4. The van der Waals surface area contributed by atoms with Gasteiger partial charge in [-0.1, -0.05) is 29.8 Å². The molecule has 0 unspecified atom stereocenters. The SMILES string of the molecule is Cc1ccc(Cl)cc1NC(=S)Nc1c(C)nn(Cc2ccc(F)cc2)c1C. The van der Waals surface area contributed by atoms with E-state index in [-0.39, 0.29) is 5.82 Å². The van der Waals surface area contributed by atoms with Gasteiger partial charge in [-0.05, 0) is 68.4 Å². The van der Waals surface area contributed by atoms with Crippen molar-refractivity contribution in [3.05, 3.63) is 75.8 Å². The highest BCUT2D eigenvalue weighted by molar-refractivity contribution is 7.80. The lowest BCUT2D eigenvalue weighted by Crippen LogP contribution is -2.20. The minimum atomic E-state index is -0.248. The Kier molecular flexibility index (Phi) is 5.77. The van der Waals surface area contributed by atoms with Gasteiger partial charge in [0.2, 0.25) is 0 Å². The number of anilines is 2. The summed E-state index contributed by atoms with van der Waals surface area (Å²) in [6.45, 7) is 6.43. The minimum absolute atomic E-state index is 0.248. The molecule has 0 fully saturated rings. The van der Waals surface area contributed by atoms with Gasteiger partial charge in [-0.2, -0.15) is 5.10 Å². The second-order valence-electron chi connectivity index (χ2n) is 6.37. The van der Waals surface area contributed by atoms with Crippen LogP contribution in [0.3, 0.4) is 0 Å². The molecule has 0 atom stereocenters. The normalized spacial score (nSPS) is 10.7. The Morgan fingerprint density at radius 1 is 1.11 bits per heavy atom. The average molecular weight is 403 g/mol. The van der Waals surface area contributed by atoms with Crippen LogP contribution in [0.25, 0.3) is 0 Å². The fraction of sp³-hybridized carbons (Fsp3) is 0.200. The third-order valence-electron chi connectivity index (χ3n) is 4.31. The maximum Gasteiger partial charge on any atom is 0.175 e. The zero-order valence-electron chi connectivity index (χ0n) is 15.3. The predicted octanol–water partition coefficient (Wildman–Crippen LogP) is 5.46. The van der Waals surface area contributed by atoms with E-state index in [0.29, 0.717) is 16.7 Å². The smallest absolute Gasteiger partial charge is 0.175 e. The topological polar surface area (TPSA) is 41.9 Å². The Balaban J connectivity index is 1.75. The first-order valence-electron chi connectivity index (χ1n) is 8.46. The molecule has 140 valence electrons. The number of nitrogens with zero attached hydrogens (tertiary/aromatic N) is 2. The highest BCUT2D eigenvalue weighted by Gasteiger charge is 2.13. The van der Waals surface area contributed by atoms with E-state index in [1.807, 2.05) is 43.7 Å². The largest absolute Gasteiger partial charge is 0.332 e. The predicted molar refractivity (Wildman–Crippen MR) is 113 cm³/mol. The van der Waals surface area contributed by atoms with E-state index in [2.05, 4.69) is 15.7 Å². The molecular weight excluding hydrogens is 383 g/mol. The van der Waals surface area contributed by atoms with Crippen molar-refractivity contribution < 1.29 is 4.39 Å². The molecule has 0 spiro atoms. The molecule has 7 heteroatoms. The third-order valence-corrected chi connectivity index (χ3v) is 4.75. The van der Waals surface area contributed by atoms with Crippen LogP contribution in [0.4, 0.5) is 15.8 Å². The molecule has 1 heterocycles. The third kappa shape index (κ3) is 4.64. The Bertz CT molecular complexity index is 982. The van der Waals surface area contributed by atoms with E-state index in [9.17, 15) is 4.39 Å². The monoisotopic (exact) mass is 402 g/mol. The van der Waals surface area contributed by atoms with Gasteiger partial charge in [0.15, 0.2) is 5.11 Å². The van der Waals surface area contributed by atoms with Crippen molar-refractivity contribution in [3.8, 4) is 0 Å². The first-order chi connectivity index (χ1) is 12.8. The van der Waals surface area contributed by atoms with E-state index in [1.54, 1.807) is 12.1 Å². The van der Waals surface area contributed by atoms with Gasteiger partial charge in [0.1, 0.15) is 5.82 Å². The molecule has 0 aliphatic rings. The van der Waals surface area contributed by atoms with Crippen molar-refractivity contribution in [3.63, 3.8) is 0 Å². The van der Waals surface area contributed by atoms with Crippen molar-refractivity contribution in [1.82, 2.24) is 9.78 Å². The van der Waals surface area contributed by atoms with Crippen LogP contribution in [0.5, 0.6) is 0 Å². The molecule has 2 aromatic carbocycles. The first-order valence-corrected chi connectivity index (χ1v) is 9.24. The summed E-state index contributed by atoms with van der Waals surface area (Å²) in [5.74, 6) is -0.248. The summed E-state index contributed by atoms with van der Waals surface area (Å²) in [7, 11) is 0. The van der Waals surface area contributed by atoms with E-state index in [1.165, 1.54) is 12.1 Å². The molecule has 3 rings (SSSR count). The standard InChI is InChI=1S/C20H20ClFN4S/c1-12-4-7-16(21)10-18(12)23-20(27)24-19-13(2)25-26(14(19)3)11-15-5-8-17(22)9-6-15/h4-10H,11H2,1-3H3,(H2,23,24,27). The highest BCUT2D eigenvalue weighted by Crippen LogP contribution is 2.23. The van der Waals surface area contributed by atoms with Gasteiger partial charge in [-0.15, -0.1) is 0 Å². The van der Waals surface area contributed by atoms with Crippen molar-refractivity contribution in [2.24, 2.45) is 0 Å². The van der Waals surface area contributed by atoms with Crippen LogP contribution in [0.15, 0.2) is 42.5 Å². The molecule has 0 aliphatic heterocycles. The first kappa shape index (κ1) is 19.3. The molecular formula is C20H20ClFN4S. The lowest BCUT2D eigenvalue weighted by atomic mass is 10.2. The number of aromatic nitrogens is 2. The lowest BCUT2D eigenvalue weighted by molar-refractivity contribution is 0.622. The van der Waals surface area contributed by atoms with Crippen LogP contribution < -0.4 is 10.6 Å². The molecule has 4 nitrogen and oxygen atoms in total. The molecule has 0 amide bonds. The van der Waals surface area contributed by atoms with Crippen molar-refractivity contribution >= 4 is 40.3 Å². The zero-order chi connectivity index (χ0) is 19.6. The van der Waals surface area contributed by atoms with Crippen LogP contribution in [0.1, 0.15) is 22.5 Å². The van der Waals surface area contributed by atoms with Gasteiger partial charge in [0.25, 0.3) is 0 Å². The molecule has 2 N–H and O–H groups in total. The molecule has 0 saturated heterocycles. The maximum atomic E-state index is 13.1. The van der Waals surface area contributed by atoms with E-state index in [4.69, 9.17) is 23.8 Å². The number of benzene rings is 2. The number of hydrogen-bond acceptors (Lipinski definition) is 2. The number of thiocarbonyl (C=S) groups is 1. The van der Waals surface area contributed by atoms with Gasteiger partial charge >= 0.3 is 0 Å². The second kappa shape index (κ2) is 8.06. The highest BCUT2D eigenvalue weighted by atomic mass is 35.5. The van der Waals surface area contributed by atoms with E-state index >= 15 is 0 Å². The molecule has 0 radical (unpaired) electrons. The van der Waals surface area contributed by atoms with Crippen LogP contribution in [0, 0.1) is 26.6 Å². The summed E-state index contributed by atoms with van der Waals surface area (Å²) in [6, 6.07) is 12.0. The summed E-state index contributed by atoms with van der Waals surface area (Å²) >= 11 is 11.5. The molecule has 0 aliphatic carbocycles. The van der Waals surface area contributed by atoms with Crippen molar-refractivity contribution in [2.75, 3.05) is 10.6 Å². The van der Waals surface area contributed by atoms with Gasteiger partial charge in [-0.3, -0.25) is 4.68 Å². The summed E-state index contributed by atoms with van der Waals surface area (Å²) < 4.78 is 15.0. The number of hydrogen-bond donors (Lipinski definition) is 2. The zero-order valence-corrected chi connectivity index (χ0v) is 16.9. The average Bonchev–Trinajstić information content (AvgIpc) is 2.87.